The van der Waals surface area contributed by atoms with Crippen molar-refractivity contribution in [1.82, 2.24) is 9.47 Å². The van der Waals surface area contributed by atoms with Gasteiger partial charge >= 0.3 is 0 Å². The second-order valence-electron chi connectivity index (χ2n) is 10.6. The topological polar surface area (TPSA) is 28.4 Å². The second kappa shape index (κ2) is 11.5. The molecule has 0 bridgehead atoms. The summed E-state index contributed by atoms with van der Waals surface area (Å²) in [4.78, 5) is 2.36. The van der Waals surface area contributed by atoms with E-state index in [0.29, 0.717) is 13.0 Å². The first-order valence-electron chi connectivity index (χ1n) is 12.6. The molecule has 3 heteroatoms. The first-order valence-corrected chi connectivity index (χ1v) is 12.6. The minimum Gasteiger partial charge on any atom is -0.391 e. The lowest BCUT2D eigenvalue weighted by Gasteiger charge is -2.26. The molecule has 35 heavy (non-hydrogen) atoms. The first-order chi connectivity index (χ1) is 16.9. The van der Waals surface area contributed by atoms with E-state index in [4.69, 9.17) is 0 Å². The van der Waals surface area contributed by atoms with Crippen LogP contribution in [0.1, 0.15) is 48.7 Å². The Labute approximate surface area is 210 Å². The number of aliphatic hydroxyl groups excluding tert-OH is 1. The fraction of sp³-hybridized carbons (Fsp3) is 0.312. The van der Waals surface area contributed by atoms with E-state index >= 15 is 0 Å². The van der Waals surface area contributed by atoms with Gasteiger partial charge in [0.25, 0.3) is 0 Å². The van der Waals surface area contributed by atoms with Gasteiger partial charge in [0.05, 0.1) is 6.10 Å². The smallest absolute Gasteiger partial charge is 0.0707 e. The van der Waals surface area contributed by atoms with Crippen LogP contribution in [-0.2, 0) is 31.5 Å². The van der Waals surface area contributed by atoms with Gasteiger partial charge in [0.2, 0.25) is 0 Å². The van der Waals surface area contributed by atoms with Crippen molar-refractivity contribution in [3.05, 3.63) is 131 Å². The maximum absolute atomic E-state index is 10.9. The van der Waals surface area contributed by atoms with Gasteiger partial charge in [-0.2, -0.15) is 0 Å². The summed E-state index contributed by atoms with van der Waals surface area (Å²) in [5.41, 5.74) is 6.50. The lowest BCUT2D eigenvalue weighted by Crippen LogP contribution is -2.33. The van der Waals surface area contributed by atoms with Crippen LogP contribution in [0.5, 0.6) is 0 Å². The van der Waals surface area contributed by atoms with Crippen molar-refractivity contribution in [2.45, 2.75) is 58.3 Å². The van der Waals surface area contributed by atoms with Crippen molar-refractivity contribution in [3.63, 3.8) is 0 Å². The van der Waals surface area contributed by atoms with E-state index in [0.717, 1.165) is 19.6 Å². The van der Waals surface area contributed by atoms with Crippen LogP contribution in [0.15, 0.2) is 103 Å². The molecule has 1 atom stereocenters. The summed E-state index contributed by atoms with van der Waals surface area (Å²) in [6, 6.07) is 34.1. The van der Waals surface area contributed by atoms with Crippen molar-refractivity contribution in [2.75, 3.05) is 6.54 Å². The van der Waals surface area contributed by atoms with Gasteiger partial charge in [-0.25, -0.2) is 0 Å². The highest BCUT2D eigenvalue weighted by Crippen LogP contribution is 2.23. The zero-order chi connectivity index (χ0) is 24.7. The molecule has 1 heterocycles. The zero-order valence-electron chi connectivity index (χ0n) is 21.3. The largest absolute Gasteiger partial charge is 0.391 e. The fourth-order valence-electron chi connectivity index (χ4n) is 4.56. The van der Waals surface area contributed by atoms with E-state index in [1.165, 1.54) is 27.9 Å². The summed E-state index contributed by atoms with van der Waals surface area (Å²) in [6.45, 7) is 9.80. The van der Waals surface area contributed by atoms with Crippen molar-refractivity contribution < 1.29 is 5.11 Å². The molecule has 0 fully saturated rings. The highest BCUT2D eigenvalue weighted by molar-refractivity contribution is 5.28. The Morgan fingerprint density at radius 2 is 1.34 bits per heavy atom. The van der Waals surface area contributed by atoms with Gasteiger partial charge in [0.15, 0.2) is 0 Å². The van der Waals surface area contributed by atoms with Gasteiger partial charge < -0.3 is 9.67 Å². The van der Waals surface area contributed by atoms with Crippen molar-refractivity contribution in [3.8, 4) is 0 Å². The molecule has 1 aromatic heterocycles. The minimum atomic E-state index is -0.422. The molecule has 3 nitrogen and oxygen atoms in total. The average Bonchev–Trinajstić information content (AvgIpc) is 3.26. The summed E-state index contributed by atoms with van der Waals surface area (Å²) in [6.07, 6.45) is 2.40. The predicted octanol–water partition coefficient (Wildman–Crippen LogP) is 6.44. The summed E-state index contributed by atoms with van der Waals surface area (Å²) >= 11 is 0. The molecule has 0 saturated carbocycles. The Morgan fingerprint density at radius 1 is 0.714 bits per heavy atom. The molecule has 4 aromatic rings. The predicted molar refractivity (Wildman–Crippen MR) is 145 cm³/mol. The number of benzene rings is 3. The Kier molecular flexibility index (Phi) is 8.22. The van der Waals surface area contributed by atoms with E-state index in [2.05, 4.69) is 109 Å². The quantitative estimate of drug-likeness (QED) is 0.291. The summed E-state index contributed by atoms with van der Waals surface area (Å²) < 4.78 is 2.33. The van der Waals surface area contributed by atoms with Gasteiger partial charge in [-0.05, 0) is 46.2 Å². The zero-order valence-corrected chi connectivity index (χ0v) is 21.3. The Balaban J connectivity index is 1.47. The van der Waals surface area contributed by atoms with Crippen molar-refractivity contribution >= 4 is 0 Å². The van der Waals surface area contributed by atoms with E-state index in [-0.39, 0.29) is 5.41 Å². The van der Waals surface area contributed by atoms with Gasteiger partial charge in [-0.15, -0.1) is 0 Å². The van der Waals surface area contributed by atoms with Gasteiger partial charge in [-0.3, -0.25) is 4.90 Å². The van der Waals surface area contributed by atoms with Crippen LogP contribution in [-0.4, -0.2) is 27.2 Å². The number of rotatable bonds is 10. The fourth-order valence-corrected chi connectivity index (χ4v) is 4.56. The summed E-state index contributed by atoms with van der Waals surface area (Å²) in [5, 5.41) is 10.9. The Bertz CT molecular complexity index is 1160. The number of aromatic nitrogens is 1. The summed E-state index contributed by atoms with van der Waals surface area (Å²) in [7, 11) is 0. The van der Waals surface area contributed by atoms with Crippen LogP contribution in [0.25, 0.3) is 0 Å². The molecule has 0 aliphatic carbocycles. The molecule has 0 aliphatic rings. The molecule has 3 aromatic carbocycles. The van der Waals surface area contributed by atoms with E-state index in [1.807, 2.05) is 24.3 Å². The molecule has 1 N–H and O–H groups in total. The number of hydrogen-bond donors (Lipinski definition) is 1. The third-order valence-electron chi connectivity index (χ3n) is 6.51. The highest BCUT2D eigenvalue weighted by atomic mass is 16.3. The molecule has 182 valence electrons. The van der Waals surface area contributed by atoms with Crippen molar-refractivity contribution in [1.29, 1.82) is 0 Å². The molecular formula is C32H38N2O. The van der Waals surface area contributed by atoms with Gasteiger partial charge in [-0.1, -0.05) is 106 Å². The third kappa shape index (κ3) is 7.42. The molecule has 0 saturated heterocycles. The van der Waals surface area contributed by atoms with Crippen LogP contribution in [0.4, 0.5) is 0 Å². The monoisotopic (exact) mass is 466 g/mol. The van der Waals surface area contributed by atoms with Crippen LogP contribution >= 0.6 is 0 Å². The number of hydrogen-bond acceptors (Lipinski definition) is 2. The molecule has 1 unspecified atom stereocenters. The highest BCUT2D eigenvalue weighted by Gasteiger charge is 2.16. The number of aliphatic hydroxyl groups is 1. The number of nitrogens with zero attached hydrogens (tertiary/aromatic N) is 2. The van der Waals surface area contributed by atoms with Crippen LogP contribution in [0.2, 0.25) is 0 Å². The van der Waals surface area contributed by atoms with E-state index < -0.39 is 6.10 Å². The van der Waals surface area contributed by atoms with Crippen LogP contribution < -0.4 is 0 Å². The molecule has 0 spiro atoms. The maximum Gasteiger partial charge on any atom is 0.0707 e. The first kappa shape index (κ1) is 25.0. The second-order valence-corrected chi connectivity index (χ2v) is 10.6. The van der Waals surface area contributed by atoms with E-state index in [1.54, 1.807) is 0 Å². The van der Waals surface area contributed by atoms with E-state index in [9.17, 15) is 5.11 Å². The van der Waals surface area contributed by atoms with Crippen LogP contribution in [0.3, 0.4) is 0 Å². The lowest BCUT2D eigenvalue weighted by atomic mass is 9.87. The third-order valence-corrected chi connectivity index (χ3v) is 6.51. The van der Waals surface area contributed by atoms with Gasteiger partial charge in [0, 0.05) is 38.1 Å². The Morgan fingerprint density at radius 3 is 1.97 bits per heavy atom. The molecule has 0 amide bonds. The maximum atomic E-state index is 10.9. The SMILES string of the molecule is CC(C)(C)c1ccc(Cn2cccc2CN(Cc2ccccc2)CC(O)Cc2ccccc2)cc1. The Hall–Kier alpha value is -3.14. The van der Waals surface area contributed by atoms with Crippen LogP contribution in [0, 0.1) is 0 Å². The normalized spacial score (nSPS) is 12.7. The molecule has 4 rings (SSSR count). The van der Waals surface area contributed by atoms with Crippen molar-refractivity contribution in [2.24, 2.45) is 0 Å². The molecule has 0 aliphatic heterocycles. The standard InChI is InChI=1S/C32H38N2O/c1-32(2,3)29-18-16-28(17-19-29)23-34-20-10-15-30(34)24-33(22-27-13-8-5-9-14-27)25-31(35)21-26-11-6-4-7-12-26/h4-20,31,35H,21-25H2,1-3H3. The summed E-state index contributed by atoms with van der Waals surface area (Å²) in [5.74, 6) is 0. The molecular weight excluding hydrogens is 428 g/mol. The lowest BCUT2D eigenvalue weighted by molar-refractivity contribution is 0.103. The van der Waals surface area contributed by atoms with Gasteiger partial charge in [0.1, 0.15) is 0 Å². The average molecular weight is 467 g/mol. The minimum absolute atomic E-state index is 0.162. The molecule has 0 radical (unpaired) electrons.